The first-order valence-electron chi connectivity index (χ1n) is 9.07. The molecule has 0 radical (unpaired) electrons. The highest BCUT2D eigenvalue weighted by molar-refractivity contribution is 7.99. The van der Waals surface area contributed by atoms with Gasteiger partial charge in [0.25, 0.3) is 0 Å². The molecule has 0 aliphatic carbocycles. The molecule has 1 heterocycles. The summed E-state index contributed by atoms with van der Waals surface area (Å²) in [6.45, 7) is 3.48. The predicted octanol–water partition coefficient (Wildman–Crippen LogP) is 4.67. The Hall–Kier alpha value is -3.03. The number of anilines is 1. The van der Waals surface area contributed by atoms with Crippen LogP contribution in [0.15, 0.2) is 29.3 Å². The van der Waals surface area contributed by atoms with Crippen LogP contribution < -0.4 is 10.5 Å². The summed E-state index contributed by atoms with van der Waals surface area (Å²) in [7, 11) is 0. The fourth-order valence-corrected chi connectivity index (χ4v) is 3.74. The van der Waals surface area contributed by atoms with Crippen molar-refractivity contribution in [3.8, 4) is 29.0 Å². The molecule has 0 bridgehead atoms. The number of esters is 1. The molecule has 0 unspecified atom stereocenters. The first-order valence-corrected chi connectivity index (χ1v) is 10.1. The molecular formula is C21H22N4O2S. The molecule has 0 spiro atoms. The molecule has 6 nitrogen and oxygen atoms in total. The molecule has 0 fully saturated rings. The molecule has 0 saturated carbocycles. The molecule has 0 amide bonds. The van der Waals surface area contributed by atoms with Gasteiger partial charge in [-0.05, 0) is 29.9 Å². The topological polar surface area (TPSA) is 113 Å². The normalized spacial score (nSPS) is 10.1. The molecule has 0 atom stereocenters. The van der Waals surface area contributed by atoms with E-state index in [1.165, 1.54) is 25.1 Å². The number of nitrogen functional groups attached to an aromatic ring is 1. The Morgan fingerprint density at radius 3 is 2.39 bits per heavy atom. The van der Waals surface area contributed by atoms with E-state index in [1.807, 2.05) is 0 Å². The van der Waals surface area contributed by atoms with Crippen LogP contribution in [0.2, 0.25) is 0 Å². The lowest BCUT2D eigenvalue weighted by atomic mass is 9.97. The van der Waals surface area contributed by atoms with Crippen molar-refractivity contribution in [1.82, 2.24) is 4.98 Å². The minimum Gasteiger partial charge on any atom is -0.427 e. The number of aromatic nitrogens is 1. The molecule has 2 aromatic rings. The van der Waals surface area contributed by atoms with Crippen LogP contribution in [0.25, 0.3) is 11.1 Å². The highest BCUT2D eigenvalue weighted by Gasteiger charge is 2.20. The quantitative estimate of drug-likeness (QED) is 0.299. The van der Waals surface area contributed by atoms with E-state index in [0.29, 0.717) is 27.5 Å². The lowest BCUT2D eigenvalue weighted by molar-refractivity contribution is -0.131. The summed E-state index contributed by atoms with van der Waals surface area (Å²) >= 11 is 1.48. The maximum absolute atomic E-state index is 11.1. The number of pyridine rings is 1. The van der Waals surface area contributed by atoms with Gasteiger partial charge in [-0.25, -0.2) is 4.98 Å². The number of unbranched alkanes of at least 4 members (excludes halogenated alkanes) is 3. The maximum atomic E-state index is 11.1. The van der Waals surface area contributed by atoms with E-state index in [1.54, 1.807) is 24.3 Å². The predicted molar refractivity (Wildman–Crippen MR) is 110 cm³/mol. The van der Waals surface area contributed by atoms with Gasteiger partial charge in [0.05, 0.1) is 5.56 Å². The van der Waals surface area contributed by atoms with E-state index in [9.17, 15) is 15.3 Å². The number of ether oxygens (including phenoxy) is 1. The smallest absolute Gasteiger partial charge is 0.308 e. The van der Waals surface area contributed by atoms with Gasteiger partial charge in [-0.3, -0.25) is 4.79 Å². The monoisotopic (exact) mass is 394 g/mol. The van der Waals surface area contributed by atoms with E-state index in [-0.39, 0.29) is 11.4 Å². The zero-order valence-electron chi connectivity index (χ0n) is 16.0. The van der Waals surface area contributed by atoms with Crippen LogP contribution >= 0.6 is 11.8 Å². The first kappa shape index (κ1) is 21.3. The van der Waals surface area contributed by atoms with Crippen LogP contribution in [-0.2, 0) is 4.79 Å². The third kappa shape index (κ3) is 5.25. The summed E-state index contributed by atoms with van der Waals surface area (Å²) in [6.07, 6.45) is 4.48. The number of hydrogen-bond acceptors (Lipinski definition) is 7. The zero-order chi connectivity index (χ0) is 20.5. The minimum atomic E-state index is -0.418. The Kier molecular flexibility index (Phi) is 7.86. The number of thioether (sulfide) groups is 1. The third-order valence-corrected chi connectivity index (χ3v) is 5.12. The second-order valence-corrected chi connectivity index (χ2v) is 7.26. The van der Waals surface area contributed by atoms with Crippen molar-refractivity contribution in [2.45, 2.75) is 44.6 Å². The molecule has 144 valence electrons. The number of nitrogens with two attached hydrogens (primary N) is 1. The van der Waals surface area contributed by atoms with Gasteiger partial charge in [0.15, 0.2) is 0 Å². The third-order valence-electron chi connectivity index (χ3n) is 4.06. The molecule has 0 aliphatic heterocycles. The maximum Gasteiger partial charge on any atom is 0.308 e. The lowest BCUT2D eigenvalue weighted by Crippen LogP contribution is -2.04. The van der Waals surface area contributed by atoms with E-state index < -0.39 is 5.97 Å². The van der Waals surface area contributed by atoms with Crippen molar-refractivity contribution in [1.29, 1.82) is 10.5 Å². The largest absolute Gasteiger partial charge is 0.427 e. The van der Waals surface area contributed by atoms with Crippen molar-refractivity contribution in [2.24, 2.45) is 0 Å². The number of nitriles is 2. The number of rotatable bonds is 8. The molecule has 28 heavy (non-hydrogen) atoms. The average Bonchev–Trinajstić information content (AvgIpc) is 2.67. The molecule has 1 aromatic carbocycles. The van der Waals surface area contributed by atoms with E-state index >= 15 is 0 Å². The average molecular weight is 395 g/mol. The fourth-order valence-electron chi connectivity index (χ4n) is 2.74. The van der Waals surface area contributed by atoms with Gasteiger partial charge in [-0.2, -0.15) is 10.5 Å². The van der Waals surface area contributed by atoms with Crippen molar-refractivity contribution in [3.63, 3.8) is 0 Å². The molecule has 2 N–H and O–H groups in total. The van der Waals surface area contributed by atoms with Crippen LogP contribution in [0.3, 0.4) is 0 Å². The highest BCUT2D eigenvalue weighted by Crippen LogP contribution is 2.36. The molecular weight excluding hydrogens is 372 g/mol. The fraction of sp³-hybridized carbons (Fsp3) is 0.333. The Labute approximate surface area is 169 Å². The van der Waals surface area contributed by atoms with Crippen molar-refractivity contribution >= 4 is 23.5 Å². The SMILES string of the molecule is CCCCCCSc1nc(N)c(C#N)c(-c2ccc(OC(C)=O)cc2)c1C#N. The van der Waals surface area contributed by atoms with Crippen LogP contribution in [0.5, 0.6) is 5.75 Å². The van der Waals surface area contributed by atoms with Crippen LogP contribution in [0.1, 0.15) is 50.7 Å². The summed E-state index contributed by atoms with van der Waals surface area (Å²) in [5.74, 6) is 0.910. The van der Waals surface area contributed by atoms with Crippen LogP contribution in [0.4, 0.5) is 5.82 Å². The van der Waals surface area contributed by atoms with Gasteiger partial charge in [0.1, 0.15) is 34.3 Å². The van der Waals surface area contributed by atoms with E-state index in [2.05, 4.69) is 24.0 Å². The standard InChI is InChI=1S/C21H22N4O2S/c1-3-4-5-6-11-28-21-18(13-23)19(17(12-22)20(24)25-21)15-7-9-16(10-8-15)27-14(2)26/h7-10H,3-6,11H2,1-2H3,(H2,24,25). The van der Waals surface area contributed by atoms with Gasteiger partial charge in [0.2, 0.25) is 0 Å². The lowest BCUT2D eigenvalue weighted by Gasteiger charge is -2.13. The minimum absolute atomic E-state index is 0.108. The molecule has 2 rings (SSSR count). The molecule has 0 aliphatic rings. The summed E-state index contributed by atoms with van der Waals surface area (Å²) in [6, 6.07) is 10.9. The number of carbonyl (C=O) groups is 1. The summed E-state index contributed by atoms with van der Waals surface area (Å²) < 4.78 is 5.04. The van der Waals surface area contributed by atoms with Gasteiger partial charge in [-0.1, -0.05) is 38.3 Å². The Bertz CT molecular complexity index is 927. The Morgan fingerprint density at radius 1 is 1.14 bits per heavy atom. The number of benzene rings is 1. The number of hydrogen-bond donors (Lipinski definition) is 1. The summed E-state index contributed by atoms with van der Waals surface area (Å²) in [4.78, 5) is 15.4. The van der Waals surface area contributed by atoms with E-state index in [0.717, 1.165) is 25.0 Å². The van der Waals surface area contributed by atoms with Gasteiger partial charge in [0, 0.05) is 12.5 Å². The first-order chi connectivity index (χ1) is 13.5. The van der Waals surface area contributed by atoms with Gasteiger partial charge < -0.3 is 10.5 Å². The molecule has 7 heteroatoms. The van der Waals surface area contributed by atoms with Gasteiger partial charge >= 0.3 is 5.97 Å². The van der Waals surface area contributed by atoms with Crippen LogP contribution in [0, 0.1) is 22.7 Å². The zero-order valence-corrected chi connectivity index (χ0v) is 16.8. The second kappa shape index (κ2) is 10.3. The van der Waals surface area contributed by atoms with Crippen LogP contribution in [-0.4, -0.2) is 16.7 Å². The summed E-state index contributed by atoms with van der Waals surface area (Å²) in [5, 5.41) is 19.9. The second-order valence-electron chi connectivity index (χ2n) is 6.18. The highest BCUT2D eigenvalue weighted by atomic mass is 32.2. The molecule has 0 saturated heterocycles. The summed E-state index contributed by atoms with van der Waals surface area (Å²) in [5.41, 5.74) is 7.63. The Morgan fingerprint density at radius 2 is 1.82 bits per heavy atom. The van der Waals surface area contributed by atoms with Crippen molar-refractivity contribution in [3.05, 3.63) is 35.4 Å². The van der Waals surface area contributed by atoms with Gasteiger partial charge in [-0.15, -0.1) is 11.8 Å². The van der Waals surface area contributed by atoms with Crippen molar-refractivity contribution in [2.75, 3.05) is 11.5 Å². The van der Waals surface area contributed by atoms with E-state index in [4.69, 9.17) is 10.5 Å². The number of carbonyl (C=O) groups excluding carboxylic acids is 1. The number of nitrogens with zero attached hydrogens (tertiary/aromatic N) is 3. The molecule has 1 aromatic heterocycles. The Balaban J connectivity index is 2.42. The van der Waals surface area contributed by atoms with Crippen molar-refractivity contribution < 1.29 is 9.53 Å².